The molecule has 0 spiro atoms. The number of carbonyl (C=O) groups excluding carboxylic acids is 1. The van der Waals surface area contributed by atoms with Gasteiger partial charge >= 0.3 is 5.97 Å². The van der Waals surface area contributed by atoms with E-state index in [1.54, 1.807) is 0 Å². The van der Waals surface area contributed by atoms with Crippen molar-refractivity contribution in [3.8, 4) is 11.5 Å². The minimum atomic E-state index is -1.14. The average Bonchev–Trinajstić information content (AvgIpc) is 2.80. The van der Waals surface area contributed by atoms with E-state index in [2.05, 4.69) is 0 Å². The molecule has 1 aromatic carbocycles. The van der Waals surface area contributed by atoms with E-state index in [0.717, 1.165) is 0 Å². The Labute approximate surface area is 121 Å². The third-order valence-electron chi connectivity index (χ3n) is 3.63. The highest BCUT2D eigenvalue weighted by atomic mass is 16.4. The monoisotopic (exact) mass is 295 g/mol. The number of nitrogens with zero attached hydrogens (tertiary/aromatic N) is 1. The molecule has 0 aromatic heterocycles. The quantitative estimate of drug-likeness (QED) is 0.565. The summed E-state index contributed by atoms with van der Waals surface area (Å²) in [6.07, 6.45) is 0.161. The van der Waals surface area contributed by atoms with Gasteiger partial charge in [-0.1, -0.05) is 6.07 Å². The topological polar surface area (TPSA) is 118 Å². The van der Waals surface area contributed by atoms with Gasteiger partial charge in [-0.05, 0) is 17.7 Å². The van der Waals surface area contributed by atoms with Crippen LogP contribution < -0.4 is 0 Å². The predicted molar refractivity (Wildman–Crippen MR) is 71.8 cm³/mol. The first kappa shape index (κ1) is 15.1. The van der Waals surface area contributed by atoms with Crippen LogP contribution in [0.25, 0.3) is 0 Å². The van der Waals surface area contributed by atoms with Gasteiger partial charge in [0.15, 0.2) is 11.5 Å². The van der Waals surface area contributed by atoms with E-state index in [4.69, 9.17) is 5.11 Å². The maximum absolute atomic E-state index is 11.9. The average molecular weight is 295 g/mol. The summed E-state index contributed by atoms with van der Waals surface area (Å²) in [5.74, 6) is -2.31. The first-order chi connectivity index (χ1) is 9.92. The maximum Gasteiger partial charge on any atom is 0.326 e. The van der Waals surface area contributed by atoms with Crippen LogP contribution in [0.15, 0.2) is 18.2 Å². The number of carboxylic acids is 1. The molecule has 0 bridgehead atoms. The molecule has 2 rings (SSSR count). The molecule has 1 saturated heterocycles. The molecule has 2 unspecified atom stereocenters. The molecule has 4 N–H and O–H groups in total. The minimum absolute atomic E-state index is 0.0209. The standard InChI is InChI=1S/C14H17NO6/c16-7-9-5-13(19)15(6-9)10(14(20)21)3-8-1-2-11(17)12(18)4-8/h1-2,4,9-10,16-18H,3,5-7H2,(H,20,21). The van der Waals surface area contributed by atoms with Crippen LogP contribution in [0.3, 0.4) is 0 Å². The fraction of sp³-hybridized carbons (Fsp3) is 0.429. The van der Waals surface area contributed by atoms with Gasteiger partial charge in [-0.25, -0.2) is 4.79 Å². The van der Waals surface area contributed by atoms with Crippen LogP contribution in [-0.4, -0.2) is 56.4 Å². The van der Waals surface area contributed by atoms with E-state index in [1.807, 2.05) is 0 Å². The van der Waals surface area contributed by atoms with Crippen molar-refractivity contribution in [1.29, 1.82) is 0 Å². The zero-order chi connectivity index (χ0) is 15.6. The summed E-state index contributed by atoms with van der Waals surface area (Å²) in [5, 5.41) is 37.1. The normalized spacial score (nSPS) is 19.8. The van der Waals surface area contributed by atoms with Gasteiger partial charge in [0, 0.05) is 31.9 Å². The molecule has 2 atom stereocenters. The number of hydrogen-bond acceptors (Lipinski definition) is 5. The lowest BCUT2D eigenvalue weighted by atomic mass is 10.0. The number of aliphatic carboxylic acids is 1. The molecule has 7 nitrogen and oxygen atoms in total. The van der Waals surface area contributed by atoms with E-state index in [1.165, 1.54) is 23.1 Å². The summed E-state index contributed by atoms with van der Waals surface area (Å²) in [6, 6.07) is 2.98. The SMILES string of the molecule is O=C(O)C(Cc1ccc(O)c(O)c1)N1CC(CO)CC1=O. The molecule has 1 aliphatic heterocycles. The van der Waals surface area contributed by atoms with Gasteiger partial charge in [0.05, 0.1) is 0 Å². The maximum atomic E-state index is 11.9. The molecule has 7 heteroatoms. The van der Waals surface area contributed by atoms with E-state index in [0.29, 0.717) is 5.56 Å². The number of aromatic hydroxyl groups is 2. The van der Waals surface area contributed by atoms with E-state index in [-0.39, 0.29) is 49.3 Å². The lowest BCUT2D eigenvalue weighted by Gasteiger charge is -2.24. The number of rotatable bonds is 5. The number of carboxylic acid groups (broad SMARTS) is 1. The fourth-order valence-electron chi connectivity index (χ4n) is 2.48. The molecule has 1 heterocycles. The van der Waals surface area contributed by atoms with Gasteiger partial charge in [-0.2, -0.15) is 0 Å². The molecule has 21 heavy (non-hydrogen) atoms. The number of aliphatic hydroxyl groups excluding tert-OH is 1. The summed E-state index contributed by atoms with van der Waals surface area (Å²) in [6.45, 7) is 0.0466. The largest absolute Gasteiger partial charge is 0.504 e. The highest BCUT2D eigenvalue weighted by Crippen LogP contribution is 2.27. The molecule has 1 amide bonds. The molecule has 1 aliphatic rings. The lowest BCUT2D eigenvalue weighted by molar-refractivity contribution is -0.148. The zero-order valence-electron chi connectivity index (χ0n) is 11.3. The molecule has 0 saturated carbocycles. The van der Waals surface area contributed by atoms with Crippen molar-refractivity contribution in [1.82, 2.24) is 4.90 Å². The van der Waals surface area contributed by atoms with Crippen molar-refractivity contribution >= 4 is 11.9 Å². The molecule has 1 aromatic rings. The van der Waals surface area contributed by atoms with Crippen molar-refractivity contribution in [2.75, 3.05) is 13.2 Å². The Balaban J connectivity index is 2.18. The van der Waals surface area contributed by atoms with Crippen LogP contribution >= 0.6 is 0 Å². The zero-order valence-corrected chi connectivity index (χ0v) is 11.3. The van der Waals surface area contributed by atoms with E-state index in [9.17, 15) is 24.9 Å². The Kier molecular flexibility index (Phi) is 4.32. The van der Waals surface area contributed by atoms with Crippen LogP contribution in [0, 0.1) is 5.92 Å². The third kappa shape index (κ3) is 3.25. The van der Waals surface area contributed by atoms with Crippen LogP contribution in [0.2, 0.25) is 0 Å². The number of phenols is 2. The van der Waals surface area contributed by atoms with Crippen LogP contribution in [0.1, 0.15) is 12.0 Å². The first-order valence-corrected chi connectivity index (χ1v) is 6.56. The van der Waals surface area contributed by atoms with Gasteiger partial charge in [0.2, 0.25) is 5.91 Å². The summed E-state index contributed by atoms with van der Waals surface area (Å²) < 4.78 is 0. The minimum Gasteiger partial charge on any atom is -0.504 e. The van der Waals surface area contributed by atoms with Crippen molar-refractivity contribution in [3.05, 3.63) is 23.8 Å². The Morgan fingerprint density at radius 1 is 1.33 bits per heavy atom. The van der Waals surface area contributed by atoms with Gasteiger partial charge in [-0.3, -0.25) is 4.79 Å². The van der Waals surface area contributed by atoms with Crippen molar-refractivity contribution in [2.24, 2.45) is 5.92 Å². The highest BCUT2D eigenvalue weighted by Gasteiger charge is 2.37. The second-order valence-electron chi connectivity index (χ2n) is 5.18. The Morgan fingerprint density at radius 3 is 2.57 bits per heavy atom. The molecule has 0 aliphatic carbocycles. The molecular weight excluding hydrogens is 278 g/mol. The molecular formula is C14H17NO6. The van der Waals surface area contributed by atoms with Gasteiger partial charge in [-0.15, -0.1) is 0 Å². The Bertz CT molecular complexity index is 558. The van der Waals surface area contributed by atoms with Crippen molar-refractivity contribution < 1.29 is 30.0 Å². The summed E-state index contributed by atoms with van der Waals surface area (Å²) in [5.41, 5.74) is 0.498. The molecule has 1 fully saturated rings. The first-order valence-electron chi connectivity index (χ1n) is 6.56. The van der Waals surface area contributed by atoms with Gasteiger partial charge < -0.3 is 25.3 Å². The number of amides is 1. The van der Waals surface area contributed by atoms with Crippen LogP contribution in [0.4, 0.5) is 0 Å². The number of carbonyl (C=O) groups is 2. The lowest BCUT2D eigenvalue weighted by Crippen LogP contribution is -2.43. The number of likely N-dealkylation sites (tertiary alicyclic amines) is 1. The van der Waals surface area contributed by atoms with Crippen LogP contribution in [0.5, 0.6) is 11.5 Å². The number of hydrogen-bond donors (Lipinski definition) is 4. The third-order valence-corrected chi connectivity index (χ3v) is 3.63. The van der Waals surface area contributed by atoms with Crippen LogP contribution in [-0.2, 0) is 16.0 Å². The smallest absolute Gasteiger partial charge is 0.326 e. The van der Waals surface area contributed by atoms with E-state index >= 15 is 0 Å². The Morgan fingerprint density at radius 2 is 2.05 bits per heavy atom. The van der Waals surface area contributed by atoms with Crippen molar-refractivity contribution in [2.45, 2.75) is 18.9 Å². The Hall–Kier alpha value is -2.28. The number of aliphatic hydroxyl groups is 1. The second-order valence-corrected chi connectivity index (χ2v) is 5.18. The second kappa shape index (κ2) is 6.01. The summed E-state index contributed by atoms with van der Waals surface area (Å²) >= 11 is 0. The number of benzene rings is 1. The van der Waals surface area contributed by atoms with Gasteiger partial charge in [0.25, 0.3) is 0 Å². The summed E-state index contributed by atoms with van der Waals surface area (Å²) in [7, 11) is 0. The fourth-order valence-corrected chi connectivity index (χ4v) is 2.48. The predicted octanol–water partition coefficient (Wildman–Crippen LogP) is -0.0657. The van der Waals surface area contributed by atoms with Crippen molar-refractivity contribution in [3.63, 3.8) is 0 Å². The highest BCUT2D eigenvalue weighted by molar-refractivity contribution is 5.85. The summed E-state index contributed by atoms with van der Waals surface area (Å²) in [4.78, 5) is 24.5. The number of phenolic OH excluding ortho intramolecular Hbond substituents is 2. The molecule has 114 valence electrons. The molecule has 0 radical (unpaired) electrons. The van der Waals surface area contributed by atoms with E-state index < -0.39 is 12.0 Å². The van der Waals surface area contributed by atoms with Gasteiger partial charge in [0.1, 0.15) is 6.04 Å².